The molecule has 1 aromatic heterocycles. The molecule has 3 rings (SSSR count). The molecular weight excluding hydrogens is 272 g/mol. The van der Waals surface area contributed by atoms with Crippen LogP contribution in [0.4, 0.5) is 10.7 Å². The Hall–Kier alpha value is -1.23. The monoisotopic (exact) mass is 294 g/mol. The minimum absolute atomic E-state index is 0.264. The Morgan fingerprint density at radius 1 is 1.35 bits per heavy atom. The largest absolute Gasteiger partial charge is 0.462 e. The molecule has 1 saturated heterocycles. The molecular formula is C15H22N2O2S. The molecule has 0 radical (unpaired) electrons. The van der Waals surface area contributed by atoms with E-state index < -0.39 is 0 Å². The van der Waals surface area contributed by atoms with Crippen molar-refractivity contribution in [2.24, 2.45) is 0 Å². The van der Waals surface area contributed by atoms with E-state index >= 15 is 0 Å². The summed E-state index contributed by atoms with van der Waals surface area (Å²) in [6, 6.07) is 0. The molecule has 1 aliphatic heterocycles. The van der Waals surface area contributed by atoms with Gasteiger partial charge in [0.25, 0.3) is 0 Å². The summed E-state index contributed by atoms with van der Waals surface area (Å²) in [5, 5.41) is 1.23. The van der Waals surface area contributed by atoms with Gasteiger partial charge in [-0.25, -0.2) is 4.79 Å². The highest BCUT2D eigenvalue weighted by Gasteiger charge is 2.35. The van der Waals surface area contributed by atoms with Crippen LogP contribution in [0.1, 0.15) is 60.2 Å². The van der Waals surface area contributed by atoms with E-state index in [9.17, 15) is 4.79 Å². The van der Waals surface area contributed by atoms with Crippen molar-refractivity contribution in [1.82, 2.24) is 0 Å². The number of nitrogens with zero attached hydrogens (tertiary/aromatic N) is 1. The molecule has 0 spiro atoms. The molecule has 20 heavy (non-hydrogen) atoms. The third-order valence-corrected chi connectivity index (χ3v) is 5.32. The molecule has 1 aromatic rings. The van der Waals surface area contributed by atoms with Crippen molar-refractivity contribution in [1.29, 1.82) is 0 Å². The van der Waals surface area contributed by atoms with E-state index in [0.29, 0.717) is 23.1 Å². The van der Waals surface area contributed by atoms with Crippen LogP contribution in [-0.2, 0) is 4.74 Å². The number of thiophene rings is 1. The van der Waals surface area contributed by atoms with E-state index in [0.717, 1.165) is 13.1 Å². The fraction of sp³-hybridized carbons (Fsp3) is 0.667. The molecule has 110 valence electrons. The third-order valence-electron chi connectivity index (χ3n) is 4.05. The molecule has 2 N–H and O–H groups in total. The Labute approximate surface area is 123 Å². The van der Waals surface area contributed by atoms with E-state index in [-0.39, 0.29) is 5.97 Å². The number of nitrogens with two attached hydrogens (primary N) is 1. The van der Waals surface area contributed by atoms with Crippen LogP contribution in [0.5, 0.6) is 0 Å². The average molecular weight is 294 g/mol. The molecule has 0 unspecified atom stereocenters. The van der Waals surface area contributed by atoms with Crippen molar-refractivity contribution in [2.75, 3.05) is 30.3 Å². The zero-order valence-electron chi connectivity index (χ0n) is 12.0. The standard InChI is InChI=1S/C15H22N2O2S/c1-2-19-15(18)13-12(16)11(10-6-7-10)14(20-13)17-8-4-3-5-9-17/h10H,2-9,16H2,1H3. The number of carbonyl (C=O) groups excluding carboxylic acids is 1. The number of nitrogen functional groups attached to an aromatic ring is 1. The molecule has 1 saturated carbocycles. The summed E-state index contributed by atoms with van der Waals surface area (Å²) in [4.78, 5) is 15.1. The van der Waals surface area contributed by atoms with Gasteiger partial charge in [0.05, 0.1) is 17.3 Å². The van der Waals surface area contributed by atoms with E-state index in [1.807, 2.05) is 6.92 Å². The fourth-order valence-electron chi connectivity index (χ4n) is 2.89. The van der Waals surface area contributed by atoms with E-state index in [1.165, 1.54) is 54.0 Å². The molecule has 0 aromatic carbocycles. The second-order valence-corrected chi connectivity index (χ2v) is 6.61. The number of piperidine rings is 1. The number of hydrogen-bond acceptors (Lipinski definition) is 5. The quantitative estimate of drug-likeness (QED) is 0.865. The molecule has 5 heteroatoms. The minimum Gasteiger partial charge on any atom is -0.462 e. The maximum atomic E-state index is 12.0. The van der Waals surface area contributed by atoms with Crippen LogP contribution in [-0.4, -0.2) is 25.7 Å². The number of ether oxygens (including phenoxy) is 1. The van der Waals surface area contributed by atoms with Gasteiger partial charge in [0, 0.05) is 18.7 Å². The number of carbonyl (C=O) groups is 1. The third kappa shape index (κ3) is 2.51. The molecule has 2 fully saturated rings. The first-order valence-electron chi connectivity index (χ1n) is 7.56. The summed E-state index contributed by atoms with van der Waals surface area (Å²) < 4.78 is 5.14. The lowest BCUT2D eigenvalue weighted by molar-refractivity contribution is 0.0533. The highest BCUT2D eigenvalue weighted by molar-refractivity contribution is 7.18. The predicted molar refractivity (Wildman–Crippen MR) is 82.7 cm³/mol. The van der Waals surface area contributed by atoms with Crippen LogP contribution in [0, 0.1) is 0 Å². The Morgan fingerprint density at radius 3 is 2.65 bits per heavy atom. The van der Waals surface area contributed by atoms with Crippen LogP contribution in [0.25, 0.3) is 0 Å². The highest BCUT2D eigenvalue weighted by Crippen LogP contribution is 2.52. The Bertz CT molecular complexity index is 502. The van der Waals surface area contributed by atoms with E-state index in [1.54, 1.807) is 0 Å². The Kier molecular flexibility index (Phi) is 3.87. The van der Waals surface area contributed by atoms with Crippen LogP contribution in [0.2, 0.25) is 0 Å². The SMILES string of the molecule is CCOC(=O)c1sc(N2CCCCC2)c(C2CC2)c1N. The summed E-state index contributed by atoms with van der Waals surface area (Å²) >= 11 is 1.54. The average Bonchev–Trinajstić information content (AvgIpc) is 3.23. The lowest BCUT2D eigenvalue weighted by Crippen LogP contribution is -2.29. The van der Waals surface area contributed by atoms with Crippen LogP contribution in [0.3, 0.4) is 0 Å². The topological polar surface area (TPSA) is 55.6 Å². The normalized spacial score (nSPS) is 19.1. The highest BCUT2D eigenvalue weighted by atomic mass is 32.1. The van der Waals surface area contributed by atoms with Gasteiger partial charge in [-0.15, -0.1) is 11.3 Å². The van der Waals surface area contributed by atoms with Crippen molar-refractivity contribution in [2.45, 2.75) is 44.9 Å². The molecule has 2 aliphatic rings. The van der Waals surface area contributed by atoms with Crippen molar-refractivity contribution in [3.05, 3.63) is 10.4 Å². The van der Waals surface area contributed by atoms with Crippen LogP contribution in [0.15, 0.2) is 0 Å². The van der Waals surface area contributed by atoms with Gasteiger partial charge < -0.3 is 15.4 Å². The van der Waals surface area contributed by atoms with Gasteiger partial charge in [-0.1, -0.05) is 0 Å². The molecule has 1 aliphatic carbocycles. The maximum Gasteiger partial charge on any atom is 0.350 e. The summed E-state index contributed by atoms with van der Waals surface area (Å²) in [6.45, 7) is 4.40. The lowest BCUT2D eigenvalue weighted by Gasteiger charge is -2.28. The van der Waals surface area contributed by atoms with E-state index in [2.05, 4.69) is 4.90 Å². The summed E-state index contributed by atoms with van der Waals surface area (Å²) in [7, 11) is 0. The molecule has 0 atom stereocenters. The molecule has 2 heterocycles. The van der Waals surface area contributed by atoms with Gasteiger partial charge in [-0.3, -0.25) is 0 Å². The molecule has 0 bridgehead atoms. The first-order chi connectivity index (χ1) is 9.72. The van der Waals surface area contributed by atoms with Gasteiger partial charge in [-0.05, 0) is 44.9 Å². The summed E-state index contributed by atoms with van der Waals surface area (Å²) in [5.74, 6) is 0.298. The number of anilines is 2. The van der Waals surface area contributed by atoms with E-state index in [4.69, 9.17) is 10.5 Å². The Balaban J connectivity index is 1.95. The zero-order chi connectivity index (χ0) is 14.1. The second-order valence-electron chi connectivity index (χ2n) is 5.61. The number of hydrogen-bond donors (Lipinski definition) is 1. The number of rotatable bonds is 4. The van der Waals surface area contributed by atoms with Crippen LogP contribution < -0.4 is 10.6 Å². The minimum atomic E-state index is -0.264. The van der Waals surface area contributed by atoms with Gasteiger partial charge in [0.2, 0.25) is 0 Å². The van der Waals surface area contributed by atoms with Crippen molar-refractivity contribution in [3.8, 4) is 0 Å². The predicted octanol–water partition coefficient (Wildman–Crippen LogP) is 3.37. The van der Waals surface area contributed by atoms with Crippen LogP contribution >= 0.6 is 11.3 Å². The first-order valence-corrected chi connectivity index (χ1v) is 8.38. The van der Waals surface area contributed by atoms with Crippen molar-refractivity contribution in [3.63, 3.8) is 0 Å². The fourth-order valence-corrected chi connectivity index (χ4v) is 4.14. The Morgan fingerprint density at radius 2 is 2.05 bits per heavy atom. The number of esters is 1. The molecule has 4 nitrogen and oxygen atoms in total. The smallest absolute Gasteiger partial charge is 0.350 e. The van der Waals surface area contributed by atoms with Crippen molar-refractivity contribution >= 4 is 28.0 Å². The van der Waals surface area contributed by atoms with Gasteiger partial charge in [0.15, 0.2) is 0 Å². The first kappa shape index (κ1) is 13.7. The summed E-state index contributed by atoms with van der Waals surface area (Å²) in [5.41, 5.74) is 8.17. The van der Waals surface area contributed by atoms with Crippen molar-refractivity contribution < 1.29 is 9.53 Å². The van der Waals surface area contributed by atoms with Gasteiger partial charge in [0.1, 0.15) is 4.88 Å². The van der Waals surface area contributed by atoms with Gasteiger partial charge >= 0.3 is 5.97 Å². The lowest BCUT2D eigenvalue weighted by atomic mass is 10.1. The maximum absolute atomic E-state index is 12.0. The second kappa shape index (κ2) is 5.64. The molecule has 0 amide bonds. The summed E-state index contributed by atoms with van der Waals surface area (Å²) in [6.07, 6.45) is 6.17. The van der Waals surface area contributed by atoms with Gasteiger partial charge in [-0.2, -0.15) is 0 Å². The zero-order valence-corrected chi connectivity index (χ0v) is 12.8.